The average molecular weight is 195 g/mol. The van der Waals surface area contributed by atoms with Crippen LogP contribution in [0.15, 0.2) is 18.2 Å². The number of phenols is 1. The minimum absolute atomic E-state index is 0.244. The number of fused-ring (bicyclic) bond motifs is 1. The lowest BCUT2D eigenvalue weighted by molar-refractivity contribution is -0.332. The van der Waals surface area contributed by atoms with Gasteiger partial charge in [0, 0.05) is 0 Å². The Labute approximate surface area is 81.9 Å². The molecular formula is C10H13NO3. The minimum Gasteiger partial charge on any atom is -0.508 e. The van der Waals surface area contributed by atoms with Crippen LogP contribution >= 0.6 is 0 Å². The van der Waals surface area contributed by atoms with Gasteiger partial charge in [-0.2, -0.15) is 0 Å². The standard InChI is InChI=1S/C10H13NO3/c12-10-3-1-2-7-4-5-8(11(13)14)6-9(7)10/h1-3,8,12-14H,4-6H2/t8-/m1/s1. The molecule has 0 aliphatic heterocycles. The third-order valence-electron chi connectivity index (χ3n) is 2.76. The molecule has 1 aromatic rings. The summed E-state index contributed by atoms with van der Waals surface area (Å²) in [5.41, 5.74) is 1.93. The molecule has 76 valence electrons. The second-order valence-corrected chi connectivity index (χ2v) is 3.63. The van der Waals surface area contributed by atoms with E-state index in [9.17, 15) is 5.11 Å². The predicted molar refractivity (Wildman–Crippen MR) is 49.3 cm³/mol. The van der Waals surface area contributed by atoms with Crippen molar-refractivity contribution in [3.05, 3.63) is 29.3 Å². The molecule has 1 aliphatic carbocycles. The van der Waals surface area contributed by atoms with Gasteiger partial charge < -0.3 is 5.11 Å². The number of aromatic hydroxyl groups is 1. The number of hydroxylamine groups is 2. The summed E-state index contributed by atoms with van der Waals surface area (Å²) >= 11 is 0. The monoisotopic (exact) mass is 195 g/mol. The molecule has 2 rings (SSSR count). The Morgan fingerprint density at radius 3 is 2.79 bits per heavy atom. The molecule has 0 radical (unpaired) electrons. The summed E-state index contributed by atoms with van der Waals surface area (Å²) in [7, 11) is 0. The highest BCUT2D eigenvalue weighted by atomic mass is 16.8. The number of hydrogen-bond donors (Lipinski definition) is 3. The van der Waals surface area contributed by atoms with E-state index in [1.165, 1.54) is 0 Å². The summed E-state index contributed by atoms with van der Waals surface area (Å²) in [5.74, 6) is 0.244. The van der Waals surface area contributed by atoms with Crippen LogP contribution in [-0.2, 0) is 12.8 Å². The molecule has 14 heavy (non-hydrogen) atoms. The van der Waals surface area contributed by atoms with Crippen LogP contribution in [0.1, 0.15) is 17.5 Å². The molecule has 0 fully saturated rings. The summed E-state index contributed by atoms with van der Waals surface area (Å²) in [6, 6.07) is 5.09. The lowest BCUT2D eigenvalue weighted by Gasteiger charge is -2.27. The third-order valence-corrected chi connectivity index (χ3v) is 2.76. The fourth-order valence-electron chi connectivity index (χ4n) is 1.95. The van der Waals surface area contributed by atoms with Gasteiger partial charge in [-0.15, -0.1) is 0 Å². The normalized spacial score (nSPS) is 20.9. The topological polar surface area (TPSA) is 63.9 Å². The van der Waals surface area contributed by atoms with E-state index < -0.39 is 0 Å². The van der Waals surface area contributed by atoms with Crippen molar-refractivity contribution >= 4 is 0 Å². The zero-order valence-electron chi connectivity index (χ0n) is 7.72. The summed E-state index contributed by atoms with van der Waals surface area (Å²) in [4.78, 5) is 0. The van der Waals surface area contributed by atoms with Crippen LogP contribution < -0.4 is 0 Å². The maximum absolute atomic E-state index is 9.57. The first-order valence-electron chi connectivity index (χ1n) is 4.65. The fraction of sp³-hybridized carbons (Fsp3) is 0.400. The van der Waals surface area contributed by atoms with Crippen LogP contribution in [0.2, 0.25) is 0 Å². The lowest BCUT2D eigenvalue weighted by Crippen LogP contribution is -2.34. The van der Waals surface area contributed by atoms with Gasteiger partial charge in [0.2, 0.25) is 0 Å². The smallest absolute Gasteiger partial charge is 0.119 e. The first kappa shape index (κ1) is 9.45. The van der Waals surface area contributed by atoms with E-state index in [1.54, 1.807) is 6.07 Å². The molecule has 0 unspecified atom stereocenters. The molecule has 0 bridgehead atoms. The molecule has 0 spiro atoms. The Morgan fingerprint density at radius 2 is 2.07 bits per heavy atom. The van der Waals surface area contributed by atoms with E-state index in [0.717, 1.165) is 17.5 Å². The number of benzene rings is 1. The van der Waals surface area contributed by atoms with Crippen molar-refractivity contribution in [2.45, 2.75) is 25.3 Å². The van der Waals surface area contributed by atoms with Gasteiger partial charge in [0.15, 0.2) is 0 Å². The fourth-order valence-corrected chi connectivity index (χ4v) is 1.95. The number of nitrogens with zero attached hydrogens (tertiary/aromatic N) is 1. The Kier molecular flexibility index (Phi) is 2.41. The highest BCUT2D eigenvalue weighted by molar-refractivity contribution is 5.41. The van der Waals surface area contributed by atoms with Crippen molar-refractivity contribution < 1.29 is 15.5 Å². The van der Waals surface area contributed by atoms with Crippen molar-refractivity contribution in [2.24, 2.45) is 0 Å². The van der Waals surface area contributed by atoms with Gasteiger partial charge in [-0.05, 0) is 36.5 Å². The van der Waals surface area contributed by atoms with Crippen molar-refractivity contribution in [3.8, 4) is 5.75 Å². The van der Waals surface area contributed by atoms with E-state index >= 15 is 0 Å². The number of rotatable bonds is 1. The Balaban J connectivity index is 2.29. The summed E-state index contributed by atoms with van der Waals surface area (Å²) in [6.07, 6.45) is 1.95. The molecule has 1 aromatic carbocycles. The summed E-state index contributed by atoms with van der Waals surface area (Å²) < 4.78 is 0. The molecule has 3 N–H and O–H groups in total. The second kappa shape index (κ2) is 3.57. The molecule has 4 nitrogen and oxygen atoms in total. The molecule has 0 saturated carbocycles. The minimum atomic E-state index is -0.309. The van der Waals surface area contributed by atoms with Crippen LogP contribution in [0.3, 0.4) is 0 Å². The Morgan fingerprint density at radius 1 is 1.29 bits per heavy atom. The summed E-state index contributed by atoms with van der Waals surface area (Å²) in [6.45, 7) is 0. The molecule has 1 aliphatic rings. The van der Waals surface area contributed by atoms with Crippen molar-refractivity contribution in [2.75, 3.05) is 0 Å². The molecule has 0 heterocycles. The van der Waals surface area contributed by atoms with Crippen LogP contribution in [-0.4, -0.2) is 26.8 Å². The van der Waals surface area contributed by atoms with Crippen molar-refractivity contribution in [1.29, 1.82) is 0 Å². The Hall–Kier alpha value is -1.10. The second-order valence-electron chi connectivity index (χ2n) is 3.63. The number of hydrogen-bond acceptors (Lipinski definition) is 4. The maximum Gasteiger partial charge on any atom is 0.119 e. The molecule has 0 amide bonds. The molecule has 0 aromatic heterocycles. The van der Waals surface area contributed by atoms with Crippen molar-refractivity contribution in [1.82, 2.24) is 5.23 Å². The number of phenolic OH excluding ortho intramolecular Hbond substituents is 1. The third kappa shape index (κ3) is 1.59. The Bertz CT molecular complexity index is 338. The largest absolute Gasteiger partial charge is 0.508 e. The van der Waals surface area contributed by atoms with Gasteiger partial charge in [-0.1, -0.05) is 17.4 Å². The quantitative estimate of drug-likeness (QED) is 0.591. The van der Waals surface area contributed by atoms with Gasteiger partial charge >= 0.3 is 0 Å². The van der Waals surface area contributed by atoms with Gasteiger partial charge in [-0.25, -0.2) is 0 Å². The lowest BCUT2D eigenvalue weighted by atomic mass is 9.88. The first-order chi connectivity index (χ1) is 6.68. The molecule has 1 atom stereocenters. The van der Waals surface area contributed by atoms with Gasteiger partial charge in [0.1, 0.15) is 5.75 Å². The van der Waals surface area contributed by atoms with Gasteiger partial charge in [0.25, 0.3) is 0 Å². The SMILES string of the molecule is Oc1cccc2c1C[C@H](N(O)O)CC2. The zero-order chi connectivity index (χ0) is 10.1. The number of aryl methyl sites for hydroxylation is 1. The van der Waals surface area contributed by atoms with E-state index in [4.69, 9.17) is 10.4 Å². The van der Waals surface area contributed by atoms with Crippen molar-refractivity contribution in [3.63, 3.8) is 0 Å². The van der Waals surface area contributed by atoms with Crippen LogP contribution in [0.25, 0.3) is 0 Å². The van der Waals surface area contributed by atoms with E-state index in [0.29, 0.717) is 12.8 Å². The molecule has 0 saturated heterocycles. The average Bonchev–Trinajstić information content (AvgIpc) is 2.18. The predicted octanol–water partition coefficient (Wildman–Crippen LogP) is 1.33. The van der Waals surface area contributed by atoms with E-state index in [1.807, 2.05) is 12.1 Å². The van der Waals surface area contributed by atoms with Crippen LogP contribution in [0.5, 0.6) is 5.75 Å². The van der Waals surface area contributed by atoms with Gasteiger partial charge in [0.05, 0.1) is 6.04 Å². The highest BCUT2D eigenvalue weighted by Gasteiger charge is 2.24. The van der Waals surface area contributed by atoms with E-state index in [2.05, 4.69) is 0 Å². The van der Waals surface area contributed by atoms with Gasteiger partial charge in [-0.3, -0.25) is 10.4 Å². The summed E-state index contributed by atoms with van der Waals surface area (Å²) in [5, 5.41) is 27.6. The molecule has 4 heteroatoms. The van der Waals surface area contributed by atoms with Crippen LogP contribution in [0, 0.1) is 0 Å². The van der Waals surface area contributed by atoms with Crippen LogP contribution in [0.4, 0.5) is 0 Å². The van der Waals surface area contributed by atoms with E-state index in [-0.39, 0.29) is 17.0 Å². The zero-order valence-corrected chi connectivity index (χ0v) is 7.72. The highest BCUT2D eigenvalue weighted by Crippen LogP contribution is 2.29. The first-order valence-corrected chi connectivity index (χ1v) is 4.65. The molecular weight excluding hydrogens is 182 g/mol. The maximum atomic E-state index is 9.57.